The number of hydrogen-bond acceptors (Lipinski definition) is 0. The molecule has 0 spiro atoms. The Kier molecular flexibility index (Phi) is 30.8. The molecule has 0 heterocycles. The Labute approximate surface area is 114 Å². The maximum atomic E-state index is 2.53. The second-order valence-corrected chi connectivity index (χ2v) is 143. The molecule has 0 aromatic heterocycles. The van der Waals surface area contributed by atoms with Crippen LogP contribution in [0.5, 0.6) is 0 Å². The molecule has 0 N–H and O–H groups in total. The van der Waals surface area contributed by atoms with Crippen molar-refractivity contribution in [1.82, 2.24) is 0 Å². The molecule has 50 valence electrons. The molecule has 0 unspecified atom stereocenters. The summed E-state index contributed by atoms with van der Waals surface area (Å²) in [6, 6.07) is 0. The van der Waals surface area contributed by atoms with Crippen molar-refractivity contribution in [1.29, 1.82) is 0 Å². The Bertz CT molecular complexity index is 22.0. The van der Waals surface area contributed by atoms with Crippen LogP contribution < -0.4 is 0 Å². The number of rotatable bonds is 0. The Hall–Kier alpha value is 7.08. The van der Waals surface area contributed by atoms with Crippen LogP contribution in [0, 0.1) is 36.6 Å². The van der Waals surface area contributed by atoms with Gasteiger partial charge in [-0.1, -0.05) is 0 Å². The predicted molar refractivity (Wildman–Crippen MR) is 84.1 cm³/mol. The molecule has 0 aliphatic heterocycles. The van der Waals surface area contributed by atoms with E-state index in [9.17, 15) is 0 Å². The molecule has 0 fully saturated rings. The van der Waals surface area contributed by atoms with Crippen LogP contribution in [0.1, 0.15) is 0 Å². The zero-order valence-corrected chi connectivity index (χ0v) is 22.6. The molecule has 0 aliphatic rings. The molecule has 0 aliphatic carbocycles. The van der Waals surface area contributed by atoms with Gasteiger partial charge in [-0.2, -0.15) is 0 Å². The van der Waals surface area contributed by atoms with Crippen molar-refractivity contribution < 1.29 is 36.6 Å². The first kappa shape index (κ1) is 17.5. The zero-order valence-electron chi connectivity index (χ0n) is 3.27. The fourth-order valence-corrected chi connectivity index (χ4v) is 0. The summed E-state index contributed by atoms with van der Waals surface area (Å²) in [5.41, 5.74) is 0. The SMILES string of the molecule is [I][Nd]([I])[I].[I][Nd]([I])[I]. The first-order chi connectivity index (χ1) is 3.46. The number of halogens is 6. The van der Waals surface area contributed by atoms with E-state index < -0.39 is 36.6 Å². The van der Waals surface area contributed by atoms with Crippen LogP contribution in [-0.2, 0) is 0 Å². The van der Waals surface area contributed by atoms with Crippen molar-refractivity contribution in [3.8, 4) is 0 Å². The van der Waals surface area contributed by atoms with E-state index in [1.165, 1.54) is 0 Å². The van der Waals surface area contributed by atoms with Crippen LogP contribution in [0.25, 0.3) is 0 Å². The summed E-state index contributed by atoms with van der Waals surface area (Å²) in [6.45, 7) is 0. The second-order valence-electron chi connectivity index (χ2n) is 0.429. The van der Waals surface area contributed by atoms with Crippen molar-refractivity contribution in [2.24, 2.45) is 0 Å². The molecule has 0 aromatic carbocycles. The van der Waals surface area contributed by atoms with Gasteiger partial charge in [-0.05, 0) is 0 Å². The van der Waals surface area contributed by atoms with Gasteiger partial charge in [0.1, 0.15) is 0 Å². The second kappa shape index (κ2) is 14.1. The summed E-state index contributed by atoms with van der Waals surface area (Å²) in [6.07, 6.45) is 0. The molecule has 0 nitrogen and oxygen atoms in total. The van der Waals surface area contributed by atoms with Gasteiger partial charge >= 0.3 is 122 Å². The molecule has 0 radical (unpaired) electrons. The first-order valence-electron chi connectivity index (χ1n) is 1.13. The van der Waals surface area contributed by atoms with Crippen molar-refractivity contribution >= 4 is 85.0 Å². The van der Waals surface area contributed by atoms with Gasteiger partial charge in [-0.15, -0.1) is 0 Å². The first-order valence-corrected chi connectivity index (χ1v) is 56.4. The van der Waals surface area contributed by atoms with Crippen LogP contribution in [-0.4, -0.2) is 0 Å². The molecule has 0 aromatic rings. The van der Waals surface area contributed by atoms with Gasteiger partial charge in [0.15, 0.2) is 0 Å². The van der Waals surface area contributed by atoms with Crippen molar-refractivity contribution in [3.63, 3.8) is 0 Å². The summed E-state index contributed by atoms with van der Waals surface area (Å²) in [5, 5.41) is 0. The molecule has 8 heteroatoms. The Morgan fingerprint density at radius 3 is 0.500 bits per heavy atom. The van der Waals surface area contributed by atoms with E-state index >= 15 is 0 Å². The van der Waals surface area contributed by atoms with E-state index in [0.29, 0.717) is 0 Å². The quantitative estimate of drug-likeness (QED) is 0.289. The Morgan fingerprint density at radius 2 is 0.500 bits per heavy atom. The van der Waals surface area contributed by atoms with Crippen molar-refractivity contribution in [3.05, 3.63) is 0 Å². The Morgan fingerprint density at radius 1 is 0.500 bits per heavy atom. The Balaban J connectivity index is 0. The fraction of sp³-hybridized carbons (Fsp3) is 0. The van der Waals surface area contributed by atoms with Crippen LogP contribution in [0.2, 0.25) is 0 Å². The molecule has 0 saturated carbocycles. The van der Waals surface area contributed by atoms with E-state index in [1.807, 2.05) is 0 Å². The van der Waals surface area contributed by atoms with Crippen LogP contribution in [0.4, 0.5) is 0 Å². The maximum absolute atomic E-state index is 2.53. The number of hydrogen-bond donors (Lipinski definition) is 0. The normalized spacial score (nSPS) is 6.75. The van der Waals surface area contributed by atoms with Crippen LogP contribution in [0.3, 0.4) is 0 Å². The van der Waals surface area contributed by atoms with Gasteiger partial charge in [0, 0.05) is 0 Å². The van der Waals surface area contributed by atoms with E-state index in [4.69, 9.17) is 0 Å². The van der Waals surface area contributed by atoms with E-state index in [2.05, 4.69) is 85.0 Å². The average Bonchev–Trinajstić information content (AvgIpc) is 1.25. The minimum absolute atomic E-state index is 0.747. The van der Waals surface area contributed by atoms with Gasteiger partial charge in [-0.3, -0.25) is 0 Å². The molecular formula is I6Nd2. The van der Waals surface area contributed by atoms with Crippen LogP contribution >= 0.6 is 85.0 Å². The van der Waals surface area contributed by atoms with Gasteiger partial charge in [0.05, 0.1) is 0 Å². The minimum atomic E-state index is -0.747. The monoisotopic (exact) mass is 1050 g/mol. The summed E-state index contributed by atoms with van der Waals surface area (Å²) in [5.74, 6) is 0. The topological polar surface area (TPSA) is 0 Å². The third-order valence-electron chi connectivity index (χ3n) is 0. The average molecular weight is 1050 g/mol. The standard InChI is InChI=1S/6HI.2Nd/h6*1H;;/q;;;;;;2*+3/p-6. The van der Waals surface area contributed by atoms with E-state index in [1.54, 1.807) is 0 Å². The fourth-order valence-electron chi connectivity index (χ4n) is 0. The summed E-state index contributed by atoms with van der Waals surface area (Å²) >= 11 is 13.7. The van der Waals surface area contributed by atoms with Crippen molar-refractivity contribution in [2.75, 3.05) is 0 Å². The third kappa shape index (κ3) is 38.1. The van der Waals surface area contributed by atoms with E-state index in [0.717, 1.165) is 0 Å². The molecular weight excluding hydrogens is 1050 g/mol. The van der Waals surface area contributed by atoms with Crippen molar-refractivity contribution in [2.45, 2.75) is 0 Å². The molecule has 0 atom stereocenters. The zero-order chi connectivity index (χ0) is 7.15. The molecule has 0 saturated heterocycles. The summed E-state index contributed by atoms with van der Waals surface area (Å²) < 4.78 is 0. The van der Waals surface area contributed by atoms with E-state index in [-0.39, 0.29) is 0 Å². The predicted octanol–water partition coefficient (Wildman–Crippen LogP) is 5.31. The van der Waals surface area contributed by atoms with Gasteiger partial charge in [-0.25, -0.2) is 0 Å². The van der Waals surface area contributed by atoms with Crippen LogP contribution in [0.15, 0.2) is 0 Å². The van der Waals surface area contributed by atoms with Gasteiger partial charge in [0.2, 0.25) is 0 Å². The molecule has 0 bridgehead atoms. The van der Waals surface area contributed by atoms with Gasteiger partial charge < -0.3 is 0 Å². The summed E-state index contributed by atoms with van der Waals surface area (Å²) in [4.78, 5) is 0. The summed E-state index contributed by atoms with van der Waals surface area (Å²) in [7, 11) is 0. The molecule has 0 amide bonds. The molecule has 0 rings (SSSR count). The molecule has 8 heavy (non-hydrogen) atoms. The van der Waals surface area contributed by atoms with Gasteiger partial charge in [0.25, 0.3) is 0 Å². The third-order valence-corrected chi connectivity index (χ3v) is 0.